The Morgan fingerprint density at radius 1 is 1.47 bits per heavy atom. The number of aromatic nitrogens is 2. The zero-order valence-electron chi connectivity index (χ0n) is 10.7. The number of halogens is 1. The Bertz CT molecular complexity index is 585. The van der Waals surface area contributed by atoms with Gasteiger partial charge >= 0.3 is 0 Å². The van der Waals surface area contributed by atoms with Gasteiger partial charge in [-0.25, -0.2) is 9.37 Å². The molecule has 0 aliphatic rings. The van der Waals surface area contributed by atoms with E-state index in [1.54, 1.807) is 30.7 Å². The normalized spacial score (nSPS) is 11.8. The average molecular weight is 258 g/mol. The fourth-order valence-corrected chi connectivity index (χ4v) is 1.91. The molecule has 1 heterocycles. The summed E-state index contributed by atoms with van der Waals surface area (Å²) in [5.74, 6) is -0.371. The summed E-state index contributed by atoms with van der Waals surface area (Å²) in [5, 5.41) is 12.2. The van der Waals surface area contributed by atoms with Crippen molar-refractivity contribution in [3.05, 3.63) is 48.3 Å². The molecular formula is C14H15FN4. The van der Waals surface area contributed by atoms with Gasteiger partial charge in [-0.05, 0) is 18.6 Å². The standard InChI is InChI=1S/C14H15FN4/c1-2-7-19-10-17-9-14(19)13(8-16)18-12-6-4-3-5-11(12)15/h3-6,9-10,13,18H,2,7H2,1H3. The number of rotatable bonds is 5. The number of hydrogen-bond donors (Lipinski definition) is 1. The average Bonchev–Trinajstić information content (AvgIpc) is 2.86. The number of nitrogens with one attached hydrogen (secondary N) is 1. The lowest BCUT2D eigenvalue weighted by atomic mass is 10.2. The maximum Gasteiger partial charge on any atom is 0.156 e. The molecular weight excluding hydrogens is 243 g/mol. The van der Waals surface area contributed by atoms with E-state index in [2.05, 4.69) is 23.3 Å². The van der Waals surface area contributed by atoms with Gasteiger partial charge < -0.3 is 9.88 Å². The van der Waals surface area contributed by atoms with Crippen molar-refractivity contribution in [2.45, 2.75) is 25.9 Å². The zero-order valence-corrected chi connectivity index (χ0v) is 10.7. The van der Waals surface area contributed by atoms with E-state index in [-0.39, 0.29) is 5.82 Å². The molecule has 4 nitrogen and oxygen atoms in total. The highest BCUT2D eigenvalue weighted by Crippen LogP contribution is 2.21. The first-order valence-corrected chi connectivity index (χ1v) is 6.17. The van der Waals surface area contributed by atoms with Crippen molar-refractivity contribution in [2.24, 2.45) is 0 Å². The molecule has 1 aromatic heterocycles. The van der Waals surface area contributed by atoms with Crippen LogP contribution in [0.2, 0.25) is 0 Å². The number of hydrogen-bond acceptors (Lipinski definition) is 3. The SMILES string of the molecule is CCCn1cncc1C(C#N)Nc1ccccc1F. The van der Waals surface area contributed by atoms with Crippen molar-refractivity contribution in [1.29, 1.82) is 5.26 Å². The van der Waals surface area contributed by atoms with Crippen LogP contribution in [0.1, 0.15) is 25.1 Å². The van der Waals surface area contributed by atoms with Gasteiger partial charge in [0.05, 0.1) is 30.0 Å². The van der Waals surface area contributed by atoms with Gasteiger partial charge in [0.25, 0.3) is 0 Å². The van der Waals surface area contributed by atoms with Crippen LogP contribution in [0.15, 0.2) is 36.8 Å². The molecule has 98 valence electrons. The lowest BCUT2D eigenvalue weighted by molar-refractivity contribution is 0.622. The molecule has 2 rings (SSSR count). The molecule has 5 heteroatoms. The van der Waals surface area contributed by atoms with Crippen molar-refractivity contribution < 1.29 is 4.39 Å². The number of anilines is 1. The molecule has 1 atom stereocenters. The Balaban J connectivity index is 2.24. The van der Waals surface area contributed by atoms with Gasteiger partial charge in [0.15, 0.2) is 6.04 Å². The summed E-state index contributed by atoms with van der Waals surface area (Å²) in [6, 6.07) is 7.83. The van der Waals surface area contributed by atoms with Crippen molar-refractivity contribution in [3.63, 3.8) is 0 Å². The van der Waals surface area contributed by atoms with E-state index in [9.17, 15) is 9.65 Å². The fraction of sp³-hybridized carbons (Fsp3) is 0.286. The minimum absolute atomic E-state index is 0.318. The second-order valence-corrected chi connectivity index (χ2v) is 4.20. The van der Waals surface area contributed by atoms with Crippen molar-refractivity contribution in [1.82, 2.24) is 9.55 Å². The van der Waals surface area contributed by atoms with Crippen LogP contribution >= 0.6 is 0 Å². The molecule has 0 bridgehead atoms. The predicted octanol–water partition coefficient (Wildman–Crippen LogP) is 3.11. The van der Waals surface area contributed by atoms with Gasteiger partial charge in [-0.1, -0.05) is 19.1 Å². The summed E-state index contributed by atoms with van der Waals surface area (Å²) in [6.07, 6.45) is 4.27. The van der Waals surface area contributed by atoms with E-state index in [4.69, 9.17) is 0 Å². The number of para-hydroxylation sites is 1. The Morgan fingerprint density at radius 2 is 2.26 bits per heavy atom. The number of aryl methyl sites for hydroxylation is 1. The minimum Gasteiger partial charge on any atom is -0.363 e. The second-order valence-electron chi connectivity index (χ2n) is 4.20. The summed E-state index contributed by atoms with van der Waals surface area (Å²) in [4.78, 5) is 4.05. The van der Waals surface area contributed by atoms with Crippen LogP contribution in [0.3, 0.4) is 0 Å². The Kier molecular flexibility index (Phi) is 4.14. The van der Waals surface area contributed by atoms with Crippen molar-refractivity contribution >= 4 is 5.69 Å². The van der Waals surface area contributed by atoms with E-state index in [0.29, 0.717) is 5.69 Å². The molecule has 0 saturated heterocycles. The third-order valence-electron chi connectivity index (χ3n) is 2.81. The molecule has 0 aliphatic heterocycles. The Hall–Kier alpha value is -2.35. The Morgan fingerprint density at radius 3 is 2.95 bits per heavy atom. The quantitative estimate of drug-likeness (QED) is 0.896. The highest BCUT2D eigenvalue weighted by atomic mass is 19.1. The maximum absolute atomic E-state index is 13.6. The lowest BCUT2D eigenvalue weighted by Crippen LogP contribution is -2.14. The highest BCUT2D eigenvalue weighted by molar-refractivity contribution is 5.47. The van der Waals surface area contributed by atoms with Gasteiger partial charge in [-0.3, -0.25) is 0 Å². The molecule has 0 amide bonds. The molecule has 19 heavy (non-hydrogen) atoms. The van der Waals surface area contributed by atoms with E-state index >= 15 is 0 Å². The minimum atomic E-state index is -0.619. The molecule has 1 aromatic carbocycles. The summed E-state index contributed by atoms with van der Waals surface area (Å²) in [5.41, 5.74) is 1.06. The summed E-state index contributed by atoms with van der Waals surface area (Å²) < 4.78 is 15.5. The van der Waals surface area contributed by atoms with E-state index < -0.39 is 6.04 Å². The van der Waals surface area contributed by atoms with Crippen LogP contribution in [0.25, 0.3) is 0 Å². The number of nitriles is 1. The van der Waals surface area contributed by atoms with Crippen LogP contribution < -0.4 is 5.32 Å². The smallest absolute Gasteiger partial charge is 0.156 e. The van der Waals surface area contributed by atoms with Crippen LogP contribution in [0.5, 0.6) is 0 Å². The number of benzene rings is 1. The number of nitrogens with zero attached hydrogens (tertiary/aromatic N) is 3. The topological polar surface area (TPSA) is 53.6 Å². The van der Waals surface area contributed by atoms with E-state index in [0.717, 1.165) is 18.7 Å². The van der Waals surface area contributed by atoms with Gasteiger partial charge in [-0.15, -0.1) is 0 Å². The molecule has 0 radical (unpaired) electrons. The molecule has 2 aromatic rings. The van der Waals surface area contributed by atoms with Crippen LogP contribution in [0, 0.1) is 17.1 Å². The molecule has 0 spiro atoms. The second kappa shape index (κ2) is 6.01. The van der Waals surface area contributed by atoms with Crippen molar-refractivity contribution in [3.8, 4) is 6.07 Å². The summed E-state index contributed by atoms with van der Waals surface area (Å²) in [6.45, 7) is 2.84. The van der Waals surface area contributed by atoms with Gasteiger partial charge in [0, 0.05) is 6.54 Å². The van der Waals surface area contributed by atoms with E-state index in [1.165, 1.54) is 6.07 Å². The van der Waals surface area contributed by atoms with Crippen LogP contribution in [-0.2, 0) is 6.54 Å². The van der Waals surface area contributed by atoms with Crippen molar-refractivity contribution in [2.75, 3.05) is 5.32 Å². The molecule has 0 fully saturated rings. The predicted molar refractivity (Wildman–Crippen MR) is 70.9 cm³/mol. The highest BCUT2D eigenvalue weighted by Gasteiger charge is 2.16. The van der Waals surface area contributed by atoms with E-state index in [1.807, 2.05) is 4.57 Å². The lowest BCUT2D eigenvalue weighted by Gasteiger charge is -2.15. The van der Waals surface area contributed by atoms with Crippen LogP contribution in [0.4, 0.5) is 10.1 Å². The van der Waals surface area contributed by atoms with Gasteiger partial charge in [0.2, 0.25) is 0 Å². The third kappa shape index (κ3) is 2.91. The summed E-state index contributed by atoms with van der Waals surface area (Å²) in [7, 11) is 0. The third-order valence-corrected chi connectivity index (χ3v) is 2.81. The first kappa shape index (κ1) is 13.1. The molecule has 0 aliphatic carbocycles. The van der Waals surface area contributed by atoms with Crippen LogP contribution in [-0.4, -0.2) is 9.55 Å². The zero-order chi connectivity index (χ0) is 13.7. The largest absolute Gasteiger partial charge is 0.363 e. The monoisotopic (exact) mass is 258 g/mol. The molecule has 1 N–H and O–H groups in total. The first-order valence-electron chi connectivity index (χ1n) is 6.17. The number of imidazole rings is 1. The fourth-order valence-electron chi connectivity index (χ4n) is 1.91. The maximum atomic E-state index is 13.6. The molecule has 0 saturated carbocycles. The van der Waals surface area contributed by atoms with Gasteiger partial charge in [0.1, 0.15) is 5.82 Å². The Labute approximate surface area is 111 Å². The molecule has 1 unspecified atom stereocenters. The summed E-state index contributed by atoms with van der Waals surface area (Å²) >= 11 is 0. The first-order chi connectivity index (χ1) is 9.26. The van der Waals surface area contributed by atoms with Gasteiger partial charge in [-0.2, -0.15) is 5.26 Å².